The van der Waals surface area contributed by atoms with Crippen molar-refractivity contribution in [2.75, 3.05) is 7.11 Å². The second kappa shape index (κ2) is 5.68. The number of carbonyl (C=O) groups is 1. The molecule has 0 saturated heterocycles. The Morgan fingerprint density at radius 1 is 1.33 bits per heavy atom. The topological polar surface area (TPSA) is 64.3 Å². The lowest BCUT2D eigenvalue weighted by Gasteiger charge is -2.38. The van der Waals surface area contributed by atoms with E-state index in [0.29, 0.717) is 12.5 Å². The SMILES string of the molecule is COc1ccc2c(c1)CC(NC1CCCC1)(C(N)=O)CC2. The zero-order chi connectivity index (χ0) is 14.9. The van der Waals surface area contributed by atoms with Crippen LogP contribution in [0.25, 0.3) is 0 Å². The number of primary amides is 1. The van der Waals surface area contributed by atoms with E-state index < -0.39 is 5.54 Å². The molecule has 0 aliphatic heterocycles. The molecule has 0 heterocycles. The molecule has 3 N–H and O–H groups in total. The molecule has 114 valence electrons. The molecule has 1 saturated carbocycles. The molecule has 0 aromatic heterocycles. The number of rotatable bonds is 4. The average molecular weight is 288 g/mol. The first-order valence-corrected chi connectivity index (χ1v) is 7.86. The van der Waals surface area contributed by atoms with Gasteiger partial charge in [-0.25, -0.2) is 0 Å². The Morgan fingerprint density at radius 2 is 2.10 bits per heavy atom. The maximum atomic E-state index is 12.2. The van der Waals surface area contributed by atoms with Crippen LogP contribution in [0.2, 0.25) is 0 Å². The van der Waals surface area contributed by atoms with Gasteiger partial charge in [-0.15, -0.1) is 0 Å². The number of hydrogen-bond acceptors (Lipinski definition) is 3. The third-order valence-corrected chi connectivity index (χ3v) is 5.03. The molecule has 2 aliphatic carbocycles. The first-order valence-electron chi connectivity index (χ1n) is 7.86. The number of nitrogens with two attached hydrogens (primary N) is 1. The molecule has 0 bridgehead atoms. The van der Waals surface area contributed by atoms with Crippen molar-refractivity contribution in [3.8, 4) is 5.75 Å². The molecule has 1 fully saturated rings. The summed E-state index contributed by atoms with van der Waals surface area (Å²) in [7, 11) is 1.67. The molecule has 2 aliphatic rings. The van der Waals surface area contributed by atoms with Gasteiger partial charge in [0.05, 0.1) is 7.11 Å². The highest BCUT2D eigenvalue weighted by atomic mass is 16.5. The van der Waals surface area contributed by atoms with Crippen LogP contribution < -0.4 is 15.8 Å². The molecular weight excluding hydrogens is 264 g/mol. The van der Waals surface area contributed by atoms with Gasteiger partial charge in [0, 0.05) is 12.5 Å². The lowest BCUT2D eigenvalue weighted by atomic mass is 9.76. The quantitative estimate of drug-likeness (QED) is 0.890. The van der Waals surface area contributed by atoms with Crippen molar-refractivity contribution in [2.45, 2.75) is 56.5 Å². The van der Waals surface area contributed by atoms with Gasteiger partial charge < -0.3 is 15.8 Å². The van der Waals surface area contributed by atoms with Crippen molar-refractivity contribution >= 4 is 5.91 Å². The zero-order valence-electron chi connectivity index (χ0n) is 12.7. The number of benzene rings is 1. The van der Waals surface area contributed by atoms with Gasteiger partial charge in [-0.1, -0.05) is 18.9 Å². The van der Waals surface area contributed by atoms with E-state index in [4.69, 9.17) is 10.5 Å². The van der Waals surface area contributed by atoms with E-state index in [0.717, 1.165) is 31.4 Å². The molecule has 0 radical (unpaired) electrons. The molecule has 1 aromatic carbocycles. The van der Waals surface area contributed by atoms with Crippen molar-refractivity contribution < 1.29 is 9.53 Å². The summed E-state index contributed by atoms with van der Waals surface area (Å²) in [6.07, 6.45) is 7.15. The minimum absolute atomic E-state index is 0.220. The lowest BCUT2D eigenvalue weighted by Crippen LogP contribution is -2.61. The normalized spacial score (nSPS) is 25.6. The smallest absolute Gasteiger partial charge is 0.238 e. The molecule has 0 spiro atoms. The number of methoxy groups -OCH3 is 1. The van der Waals surface area contributed by atoms with Crippen LogP contribution in [-0.2, 0) is 17.6 Å². The van der Waals surface area contributed by atoms with Crippen LogP contribution in [0.5, 0.6) is 5.75 Å². The van der Waals surface area contributed by atoms with E-state index in [1.165, 1.54) is 24.0 Å². The van der Waals surface area contributed by atoms with Crippen molar-refractivity contribution in [1.29, 1.82) is 0 Å². The maximum Gasteiger partial charge on any atom is 0.238 e. The van der Waals surface area contributed by atoms with Gasteiger partial charge in [-0.2, -0.15) is 0 Å². The van der Waals surface area contributed by atoms with Crippen molar-refractivity contribution in [3.05, 3.63) is 29.3 Å². The van der Waals surface area contributed by atoms with E-state index in [2.05, 4.69) is 11.4 Å². The monoisotopic (exact) mass is 288 g/mol. The average Bonchev–Trinajstić information content (AvgIpc) is 2.99. The third-order valence-electron chi connectivity index (χ3n) is 5.03. The van der Waals surface area contributed by atoms with Crippen molar-refractivity contribution in [3.63, 3.8) is 0 Å². The summed E-state index contributed by atoms with van der Waals surface area (Å²) in [5, 5.41) is 3.59. The largest absolute Gasteiger partial charge is 0.497 e. The predicted octanol–water partition coefficient (Wildman–Crippen LogP) is 1.94. The van der Waals surface area contributed by atoms with Gasteiger partial charge in [-0.3, -0.25) is 4.79 Å². The highest BCUT2D eigenvalue weighted by molar-refractivity contribution is 5.85. The Labute approximate surface area is 126 Å². The molecule has 21 heavy (non-hydrogen) atoms. The second-order valence-electron chi connectivity index (χ2n) is 6.38. The highest BCUT2D eigenvalue weighted by Gasteiger charge is 2.41. The first kappa shape index (κ1) is 14.4. The van der Waals surface area contributed by atoms with E-state index in [-0.39, 0.29) is 5.91 Å². The lowest BCUT2D eigenvalue weighted by molar-refractivity contribution is -0.125. The van der Waals surface area contributed by atoms with E-state index in [1.54, 1.807) is 7.11 Å². The molecule has 4 nitrogen and oxygen atoms in total. The molecule has 1 aromatic rings. The van der Waals surface area contributed by atoms with Gasteiger partial charge in [0.25, 0.3) is 0 Å². The Morgan fingerprint density at radius 3 is 2.76 bits per heavy atom. The summed E-state index contributed by atoms with van der Waals surface area (Å²) in [6.45, 7) is 0. The summed E-state index contributed by atoms with van der Waals surface area (Å²) in [6, 6.07) is 6.57. The van der Waals surface area contributed by atoms with Gasteiger partial charge in [-0.05, 0) is 48.9 Å². The minimum atomic E-state index is -0.589. The fourth-order valence-corrected chi connectivity index (χ4v) is 3.76. The fourth-order valence-electron chi connectivity index (χ4n) is 3.76. The van der Waals surface area contributed by atoms with Crippen LogP contribution in [0.3, 0.4) is 0 Å². The number of amides is 1. The number of fused-ring (bicyclic) bond motifs is 1. The molecule has 4 heteroatoms. The van der Waals surface area contributed by atoms with Crippen LogP contribution in [0.15, 0.2) is 18.2 Å². The summed E-state index contributed by atoms with van der Waals surface area (Å²) in [5.74, 6) is 0.623. The molecule has 1 amide bonds. The molecule has 1 unspecified atom stereocenters. The summed E-state index contributed by atoms with van der Waals surface area (Å²) in [5.41, 5.74) is 7.68. The molecule has 1 atom stereocenters. The van der Waals surface area contributed by atoms with Crippen LogP contribution in [0, 0.1) is 0 Å². The highest BCUT2D eigenvalue weighted by Crippen LogP contribution is 2.33. The van der Waals surface area contributed by atoms with Crippen LogP contribution in [0.4, 0.5) is 0 Å². The van der Waals surface area contributed by atoms with Crippen molar-refractivity contribution in [2.24, 2.45) is 5.73 Å². The second-order valence-corrected chi connectivity index (χ2v) is 6.38. The first-order chi connectivity index (χ1) is 10.1. The summed E-state index contributed by atoms with van der Waals surface area (Å²) >= 11 is 0. The van der Waals surface area contributed by atoms with Crippen LogP contribution in [-0.4, -0.2) is 24.6 Å². The van der Waals surface area contributed by atoms with Gasteiger partial charge in [0.1, 0.15) is 11.3 Å². The Balaban J connectivity index is 1.86. The molecular formula is C17H24N2O2. The third kappa shape index (κ3) is 2.77. The standard InChI is InChI=1S/C17H24N2O2/c1-21-15-7-6-12-8-9-17(16(18)20,11-13(12)10-15)19-14-4-2-3-5-14/h6-7,10,14,19H,2-5,8-9,11H2,1H3,(H2,18,20). The van der Waals surface area contributed by atoms with Crippen LogP contribution >= 0.6 is 0 Å². The Kier molecular flexibility index (Phi) is 3.89. The van der Waals surface area contributed by atoms with E-state index in [9.17, 15) is 4.79 Å². The minimum Gasteiger partial charge on any atom is -0.497 e. The Bertz CT molecular complexity index is 538. The number of nitrogens with one attached hydrogen (secondary N) is 1. The maximum absolute atomic E-state index is 12.2. The summed E-state index contributed by atoms with van der Waals surface area (Å²) < 4.78 is 5.31. The number of aryl methyl sites for hydroxylation is 1. The van der Waals surface area contributed by atoms with Crippen molar-refractivity contribution in [1.82, 2.24) is 5.32 Å². The fraction of sp³-hybridized carbons (Fsp3) is 0.588. The van der Waals surface area contributed by atoms with Gasteiger partial charge >= 0.3 is 0 Å². The van der Waals surface area contributed by atoms with Gasteiger partial charge in [0.2, 0.25) is 5.91 Å². The molecule has 3 rings (SSSR count). The Hall–Kier alpha value is -1.55. The number of hydrogen-bond donors (Lipinski definition) is 2. The predicted molar refractivity (Wildman–Crippen MR) is 82.3 cm³/mol. The van der Waals surface area contributed by atoms with Crippen LogP contribution in [0.1, 0.15) is 43.2 Å². The van der Waals surface area contributed by atoms with E-state index >= 15 is 0 Å². The zero-order valence-corrected chi connectivity index (χ0v) is 12.7. The number of ether oxygens (including phenoxy) is 1. The summed E-state index contributed by atoms with van der Waals surface area (Å²) in [4.78, 5) is 12.2. The number of carbonyl (C=O) groups excluding carboxylic acids is 1. The van der Waals surface area contributed by atoms with E-state index in [1.807, 2.05) is 12.1 Å². The van der Waals surface area contributed by atoms with Gasteiger partial charge in [0.15, 0.2) is 0 Å².